The van der Waals surface area contributed by atoms with Crippen LogP contribution in [0.4, 0.5) is 5.82 Å². The average Bonchev–Trinajstić information content (AvgIpc) is 3.22. The minimum Gasteiger partial charge on any atom is -0.493 e. The number of nitrogens with zero attached hydrogens (tertiary/aromatic N) is 3. The second-order valence-corrected chi connectivity index (χ2v) is 8.67. The highest BCUT2D eigenvalue weighted by molar-refractivity contribution is 6.31. The molecular formula is C23H26ClN3O3. The van der Waals surface area contributed by atoms with Crippen LogP contribution >= 0.6 is 11.6 Å². The van der Waals surface area contributed by atoms with Crippen LogP contribution in [-0.2, 0) is 6.61 Å². The van der Waals surface area contributed by atoms with Gasteiger partial charge in [-0.05, 0) is 48.7 Å². The number of ether oxygens (including phenoxy) is 1. The molecule has 0 aliphatic carbocycles. The molecule has 0 amide bonds. The molecule has 158 valence electrons. The van der Waals surface area contributed by atoms with Gasteiger partial charge in [0.1, 0.15) is 5.75 Å². The first-order valence-corrected chi connectivity index (χ1v) is 10.9. The normalized spacial score (nSPS) is 22.3. The first-order valence-electron chi connectivity index (χ1n) is 10.6. The molecule has 1 N–H and O–H groups in total. The number of aliphatic hydroxyl groups is 1. The molecule has 6 nitrogen and oxygen atoms in total. The van der Waals surface area contributed by atoms with Crippen molar-refractivity contribution in [2.24, 2.45) is 5.92 Å². The zero-order valence-corrected chi connectivity index (χ0v) is 17.6. The molecule has 0 spiro atoms. The van der Waals surface area contributed by atoms with Crippen molar-refractivity contribution in [2.75, 3.05) is 37.7 Å². The fourth-order valence-corrected chi connectivity index (χ4v) is 4.84. The third-order valence-corrected chi connectivity index (χ3v) is 6.71. The zero-order valence-electron chi connectivity index (χ0n) is 16.8. The monoisotopic (exact) mass is 427 g/mol. The Labute approximate surface area is 181 Å². The number of rotatable bonds is 5. The number of fused-ring (bicyclic) bond motifs is 2. The van der Waals surface area contributed by atoms with Gasteiger partial charge in [0.2, 0.25) is 0 Å². The number of anilines is 1. The summed E-state index contributed by atoms with van der Waals surface area (Å²) >= 11 is 6.07. The zero-order chi connectivity index (χ0) is 20.5. The second kappa shape index (κ2) is 8.46. The van der Waals surface area contributed by atoms with Gasteiger partial charge in [-0.25, -0.2) is 0 Å². The van der Waals surface area contributed by atoms with E-state index < -0.39 is 0 Å². The summed E-state index contributed by atoms with van der Waals surface area (Å²) in [5.74, 6) is 2.25. The van der Waals surface area contributed by atoms with Crippen molar-refractivity contribution in [2.45, 2.75) is 25.5 Å². The molecule has 1 aromatic heterocycles. The molecule has 0 unspecified atom stereocenters. The van der Waals surface area contributed by atoms with Gasteiger partial charge in [-0.1, -0.05) is 28.9 Å². The van der Waals surface area contributed by atoms with Crippen LogP contribution in [-0.4, -0.2) is 54.0 Å². The van der Waals surface area contributed by atoms with Gasteiger partial charge in [-0.2, -0.15) is 0 Å². The summed E-state index contributed by atoms with van der Waals surface area (Å²) < 4.78 is 11.5. The lowest BCUT2D eigenvalue weighted by atomic mass is 9.91. The molecule has 2 fully saturated rings. The van der Waals surface area contributed by atoms with Crippen LogP contribution in [0, 0.1) is 5.92 Å². The van der Waals surface area contributed by atoms with Crippen LogP contribution in [0.5, 0.6) is 5.75 Å². The Balaban J connectivity index is 1.18. The van der Waals surface area contributed by atoms with Crippen LogP contribution in [0.2, 0.25) is 5.02 Å². The highest BCUT2D eigenvalue weighted by Crippen LogP contribution is 2.31. The van der Waals surface area contributed by atoms with Crippen molar-refractivity contribution in [1.82, 2.24) is 10.1 Å². The molecule has 0 bridgehead atoms. The number of benzene rings is 2. The molecule has 0 saturated carbocycles. The van der Waals surface area contributed by atoms with E-state index >= 15 is 0 Å². The van der Waals surface area contributed by atoms with Gasteiger partial charge >= 0.3 is 0 Å². The van der Waals surface area contributed by atoms with Crippen molar-refractivity contribution in [3.63, 3.8) is 0 Å². The number of aromatic nitrogens is 1. The van der Waals surface area contributed by atoms with Crippen molar-refractivity contribution < 1.29 is 14.4 Å². The smallest absolute Gasteiger partial charge is 0.180 e. The molecule has 30 heavy (non-hydrogen) atoms. The Morgan fingerprint density at radius 2 is 2.03 bits per heavy atom. The molecule has 0 radical (unpaired) electrons. The van der Waals surface area contributed by atoms with E-state index in [4.69, 9.17) is 20.9 Å². The van der Waals surface area contributed by atoms with E-state index in [9.17, 15) is 5.11 Å². The maximum atomic E-state index is 9.38. The maximum Gasteiger partial charge on any atom is 0.180 e. The predicted molar refractivity (Wildman–Crippen MR) is 117 cm³/mol. The summed E-state index contributed by atoms with van der Waals surface area (Å²) in [7, 11) is 0. The average molecular weight is 428 g/mol. The van der Waals surface area contributed by atoms with Gasteiger partial charge in [0.15, 0.2) is 11.4 Å². The van der Waals surface area contributed by atoms with Crippen LogP contribution in [0.15, 0.2) is 47.0 Å². The summed E-state index contributed by atoms with van der Waals surface area (Å²) in [5.41, 5.74) is 1.55. The summed E-state index contributed by atoms with van der Waals surface area (Å²) in [6.07, 6.45) is 2.30. The van der Waals surface area contributed by atoms with E-state index in [0.29, 0.717) is 29.2 Å². The van der Waals surface area contributed by atoms with Crippen molar-refractivity contribution in [1.29, 1.82) is 0 Å². The summed E-state index contributed by atoms with van der Waals surface area (Å²) in [6, 6.07) is 14.1. The molecular weight excluding hydrogens is 402 g/mol. The second-order valence-electron chi connectivity index (χ2n) is 8.26. The number of hydrogen-bond donors (Lipinski definition) is 1. The number of piperazine rings is 1. The van der Waals surface area contributed by atoms with Gasteiger partial charge in [-0.3, -0.25) is 4.90 Å². The molecule has 2 atom stereocenters. The first-order chi connectivity index (χ1) is 14.7. The van der Waals surface area contributed by atoms with Crippen LogP contribution in [0.3, 0.4) is 0 Å². The number of piperidine rings is 1. The van der Waals surface area contributed by atoms with Crippen LogP contribution < -0.4 is 9.64 Å². The Kier molecular flexibility index (Phi) is 5.54. The Morgan fingerprint density at radius 1 is 1.13 bits per heavy atom. The van der Waals surface area contributed by atoms with Gasteiger partial charge in [0.05, 0.1) is 18.6 Å². The quantitative estimate of drug-likeness (QED) is 0.665. The van der Waals surface area contributed by atoms with Crippen molar-refractivity contribution in [3.8, 4) is 5.75 Å². The molecule has 2 aromatic carbocycles. The lowest BCUT2D eigenvalue weighted by molar-refractivity contribution is 0.0726. The SMILES string of the molecule is OCc1cc(OC[C@H]2CC[C@H]3CN(c4noc5ccccc45)CCN3C2)ccc1Cl. The fourth-order valence-electron chi connectivity index (χ4n) is 4.66. The highest BCUT2D eigenvalue weighted by atomic mass is 35.5. The lowest BCUT2D eigenvalue weighted by Gasteiger charge is -2.46. The standard InChI is InChI=1S/C23H26ClN3O3/c24-21-8-7-19(11-17(21)14-28)29-15-16-5-6-18-13-27(10-9-26(18)12-16)23-20-3-1-2-4-22(20)30-25-23/h1-4,7-8,11,16,18,28H,5-6,9-10,12-15H2/t16-,18-/m0/s1. The van der Waals surface area contributed by atoms with E-state index in [1.807, 2.05) is 30.3 Å². The van der Waals surface area contributed by atoms with Gasteiger partial charge in [0.25, 0.3) is 0 Å². The highest BCUT2D eigenvalue weighted by Gasteiger charge is 2.34. The molecule has 3 aromatic rings. The summed E-state index contributed by atoms with van der Waals surface area (Å²) in [5, 5.41) is 15.4. The number of halogens is 1. The minimum atomic E-state index is -0.0772. The molecule has 2 aliphatic heterocycles. The van der Waals surface area contributed by atoms with E-state index in [-0.39, 0.29) is 6.61 Å². The summed E-state index contributed by atoms with van der Waals surface area (Å²) in [6.45, 7) is 4.63. The molecule has 5 rings (SSSR count). The molecule has 7 heteroatoms. The van der Waals surface area contributed by atoms with E-state index in [2.05, 4.69) is 21.0 Å². The maximum absolute atomic E-state index is 9.38. The predicted octanol–water partition coefficient (Wildman–Crippen LogP) is 3.95. The number of para-hydroxylation sites is 1. The van der Waals surface area contributed by atoms with Crippen molar-refractivity contribution in [3.05, 3.63) is 53.1 Å². The Hall–Kier alpha value is -2.28. The first kappa shape index (κ1) is 19.7. The van der Waals surface area contributed by atoms with E-state index in [1.54, 1.807) is 6.07 Å². The van der Waals surface area contributed by atoms with E-state index in [1.165, 1.54) is 0 Å². The molecule has 3 heterocycles. The summed E-state index contributed by atoms with van der Waals surface area (Å²) in [4.78, 5) is 4.96. The Bertz CT molecular complexity index is 1020. The third-order valence-electron chi connectivity index (χ3n) is 6.34. The van der Waals surface area contributed by atoms with Gasteiger partial charge in [0, 0.05) is 43.2 Å². The van der Waals surface area contributed by atoms with Crippen LogP contribution in [0.1, 0.15) is 18.4 Å². The largest absolute Gasteiger partial charge is 0.493 e. The fraction of sp³-hybridized carbons (Fsp3) is 0.435. The Morgan fingerprint density at radius 3 is 2.93 bits per heavy atom. The molecule has 2 aliphatic rings. The van der Waals surface area contributed by atoms with Gasteiger partial charge < -0.3 is 19.3 Å². The van der Waals surface area contributed by atoms with Crippen molar-refractivity contribution >= 4 is 28.4 Å². The minimum absolute atomic E-state index is 0.0772. The number of aliphatic hydroxyl groups excluding tert-OH is 1. The number of hydrogen-bond acceptors (Lipinski definition) is 6. The van der Waals surface area contributed by atoms with Gasteiger partial charge in [-0.15, -0.1) is 0 Å². The van der Waals surface area contributed by atoms with Crippen LogP contribution in [0.25, 0.3) is 11.0 Å². The van der Waals surface area contributed by atoms with E-state index in [0.717, 1.165) is 61.6 Å². The third kappa shape index (κ3) is 3.87. The lowest BCUT2D eigenvalue weighted by Crippen LogP contribution is -2.57. The molecule has 2 saturated heterocycles. The topological polar surface area (TPSA) is 62.0 Å².